The summed E-state index contributed by atoms with van der Waals surface area (Å²) in [6.45, 7) is 1.76. The molecule has 2 amide bonds. The normalized spacial score (nSPS) is 22.8. The SMILES string of the molecule is CC1CCC(NC(=O)NCc2ccc(C#N)c(F)c2)CS1(=O)=O. The van der Waals surface area contributed by atoms with E-state index >= 15 is 0 Å². The van der Waals surface area contributed by atoms with Crippen molar-refractivity contribution in [3.63, 3.8) is 0 Å². The first-order chi connectivity index (χ1) is 10.8. The van der Waals surface area contributed by atoms with Crippen LogP contribution in [0.3, 0.4) is 0 Å². The Morgan fingerprint density at radius 2 is 2.17 bits per heavy atom. The van der Waals surface area contributed by atoms with Gasteiger partial charge >= 0.3 is 6.03 Å². The largest absolute Gasteiger partial charge is 0.334 e. The second-order valence-corrected chi connectivity index (χ2v) is 8.13. The van der Waals surface area contributed by atoms with Crippen LogP contribution in [0.25, 0.3) is 0 Å². The monoisotopic (exact) mass is 339 g/mol. The van der Waals surface area contributed by atoms with Gasteiger partial charge in [-0.2, -0.15) is 5.26 Å². The lowest BCUT2D eigenvalue weighted by atomic mass is 10.1. The fraction of sp³-hybridized carbons (Fsp3) is 0.467. The van der Waals surface area contributed by atoms with Crippen molar-refractivity contribution in [1.82, 2.24) is 10.6 Å². The van der Waals surface area contributed by atoms with Crippen LogP contribution in [0.1, 0.15) is 30.9 Å². The van der Waals surface area contributed by atoms with E-state index in [0.29, 0.717) is 18.4 Å². The summed E-state index contributed by atoms with van der Waals surface area (Å²) in [6.07, 6.45) is 1.13. The molecule has 0 bridgehead atoms. The van der Waals surface area contributed by atoms with Crippen LogP contribution in [-0.4, -0.2) is 31.5 Å². The second-order valence-electron chi connectivity index (χ2n) is 5.67. The quantitative estimate of drug-likeness (QED) is 0.871. The molecule has 0 aliphatic carbocycles. The summed E-state index contributed by atoms with van der Waals surface area (Å²) in [7, 11) is -3.16. The molecule has 0 saturated carbocycles. The van der Waals surface area contributed by atoms with E-state index in [-0.39, 0.29) is 23.1 Å². The van der Waals surface area contributed by atoms with E-state index in [9.17, 15) is 17.6 Å². The van der Waals surface area contributed by atoms with Crippen LogP contribution in [0, 0.1) is 17.1 Å². The number of carbonyl (C=O) groups excluding carboxylic acids is 1. The summed E-state index contributed by atoms with van der Waals surface area (Å²) in [4.78, 5) is 11.8. The number of benzene rings is 1. The van der Waals surface area contributed by atoms with E-state index < -0.39 is 27.7 Å². The van der Waals surface area contributed by atoms with Gasteiger partial charge in [-0.25, -0.2) is 17.6 Å². The number of nitrogens with zero attached hydrogens (tertiary/aromatic N) is 1. The molecule has 0 aromatic heterocycles. The molecule has 8 heteroatoms. The molecule has 0 spiro atoms. The van der Waals surface area contributed by atoms with Gasteiger partial charge in [0.1, 0.15) is 11.9 Å². The maximum atomic E-state index is 13.5. The summed E-state index contributed by atoms with van der Waals surface area (Å²) in [5.41, 5.74) is 0.460. The van der Waals surface area contributed by atoms with Gasteiger partial charge in [0, 0.05) is 12.6 Å². The molecular formula is C15H18FN3O3S. The highest BCUT2D eigenvalue weighted by atomic mass is 32.2. The van der Waals surface area contributed by atoms with Crippen LogP contribution < -0.4 is 10.6 Å². The van der Waals surface area contributed by atoms with E-state index in [1.807, 2.05) is 0 Å². The standard InChI is InChI=1S/C15H18FN3O3S/c1-10-2-5-13(9-23(10,21)22)19-15(20)18-8-11-3-4-12(7-17)14(16)6-11/h3-4,6,10,13H,2,5,8-9H2,1H3,(H2,18,19,20). The molecule has 1 aromatic rings. The van der Waals surface area contributed by atoms with Crippen molar-refractivity contribution in [2.45, 2.75) is 37.6 Å². The van der Waals surface area contributed by atoms with Crippen LogP contribution in [0.2, 0.25) is 0 Å². The Morgan fingerprint density at radius 3 is 2.78 bits per heavy atom. The van der Waals surface area contributed by atoms with Crippen LogP contribution in [0.4, 0.5) is 9.18 Å². The lowest BCUT2D eigenvalue weighted by Crippen LogP contribution is -2.48. The number of amides is 2. The van der Waals surface area contributed by atoms with Gasteiger partial charge in [-0.15, -0.1) is 0 Å². The lowest BCUT2D eigenvalue weighted by molar-refractivity contribution is 0.236. The van der Waals surface area contributed by atoms with Crippen molar-refractivity contribution < 1.29 is 17.6 Å². The van der Waals surface area contributed by atoms with Crippen molar-refractivity contribution in [2.24, 2.45) is 0 Å². The van der Waals surface area contributed by atoms with Gasteiger partial charge < -0.3 is 10.6 Å². The number of urea groups is 1. The van der Waals surface area contributed by atoms with Crippen LogP contribution in [0.5, 0.6) is 0 Å². The van der Waals surface area contributed by atoms with Crippen molar-refractivity contribution in [3.05, 3.63) is 35.1 Å². The fourth-order valence-corrected chi connectivity index (χ4v) is 4.07. The van der Waals surface area contributed by atoms with E-state index in [0.717, 1.165) is 0 Å². The number of nitriles is 1. The smallest absolute Gasteiger partial charge is 0.315 e. The molecule has 1 saturated heterocycles. The molecule has 2 unspecified atom stereocenters. The third kappa shape index (κ3) is 4.42. The van der Waals surface area contributed by atoms with Crippen molar-refractivity contribution in [1.29, 1.82) is 5.26 Å². The number of rotatable bonds is 3. The molecule has 1 aliphatic heterocycles. The summed E-state index contributed by atoms with van der Waals surface area (Å²) < 4.78 is 37.1. The van der Waals surface area contributed by atoms with Gasteiger partial charge in [0.25, 0.3) is 0 Å². The third-order valence-corrected chi connectivity index (χ3v) is 6.24. The van der Waals surface area contributed by atoms with Gasteiger partial charge in [0.2, 0.25) is 0 Å². The summed E-state index contributed by atoms with van der Waals surface area (Å²) in [6, 6.07) is 4.90. The third-order valence-electron chi connectivity index (χ3n) is 3.91. The predicted octanol–water partition coefficient (Wildman–Crippen LogP) is 1.46. The first-order valence-electron chi connectivity index (χ1n) is 7.26. The topological polar surface area (TPSA) is 99.1 Å². The number of sulfone groups is 1. The van der Waals surface area contributed by atoms with Gasteiger partial charge in [-0.1, -0.05) is 6.07 Å². The Bertz CT molecular complexity index is 743. The Labute approximate surface area is 134 Å². The van der Waals surface area contributed by atoms with Crippen molar-refractivity contribution in [3.8, 4) is 6.07 Å². The predicted molar refractivity (Wildman–Crippen MR) is 82.8 cm³/mol. The van der Waals surface area contributed by atoms with Gasteiger partial charge in [0.15, 0.2) is 9.84 Å². The first kappa shape index (κ1) is 17.2. The van der Waals surface area contributed by atoms with Crippen LogP contribution in [-0.2, 0) is 16.4 Å². The summed E-state index contributed by atoms with van der Waals surface area (Å²) >= 11 is 0. The fourth-order valence-electron chi connectivity index (χ4n) is 2.44. The number of hydrogen-bond donors (Lipinski definition) is 2. The molecule has 1 heterocycles. The average Bonchev–Trinajstić information content (AvgIpc) is 2.49. The molecule has 2 atom stereocenters. The van der Waals surface area contributed by atoms with E-state index in [4.69, 9.17) is 5.26 Å². The molecule has 1 aliphatic rings. The lowest BCUT2D eigenvalue weighted by Gasteiger charge is -2.27. The van der Waals surface area contributed by atoms with Crippen LogP contribution >= 0.6 is 0 Å². The first-order valence-corrected chi connectivity index (χ1v) is 8.98. The minimum atomic E-state index is -3.16. The highest BCUT2D eigenvalue weighted by Gasteiger charge is 2.31. The average molecular weight is 339 g/mol. The van der Waals surface area contributed by atoms with Gasteiger partial charge in [-0.05, 0) is 37.5 Å². The molecule has 23 heavy (non-hydrogen) atoms. The highest BCUT2D eigenvalue weighted by molar-refractivity contribution is 7.92. The molecule has 1 aromatic carbocycles. The zero-order valence-corrected chi connectivity index (χ0v) is 13.5. The minimum Gasteiger partial charge on any atom is -0.334 e. The number of hydrogen-bond acceptors (Lipinski definition) is 4. The summed E-state index contributed by atoms with van der Waals surface area (Å²) in [5.74, 6) is -0.702. The van der Waals surface area contributed by atoms with Crippen molar-refractivity contribution in [2.75, 3.05) is 5.75 Å². The molecule has 0 radical (unpaired) electrons. The van der Waals surface area contributed by atoms with E-state index in [2.05, 4.69) is 10.6 Å². The number of carbonyl (C=O) groups is 1. The molecule has 124 valence electrons. The second kappa shape index (κ2) is 6.96. The molecule has 6 nitrogen and oxygen atoms in total. The Balaban J connectivity index is 1.86. The van der Waals surface area contributed by atoms with Crippen molar-refractivity contribution >= 4 is 15.9 Å². The molecular weight excluding hydrogens is 321 g/mol. The maximum absolute atomic E-state index is 13.5. The number of nitrogens with one attached hydrogen (secondary N) is 2. The molecule has 1 fully saturated rings. The van der Waals surface area contributed by atoms with Crippen LogP contribution in [0.15, 0.2) is 18.2 Å². The minimum absolute atomic E-state index is 0.0558. The highest BCUT2D eigenvalue weighted by Crippen LogP contribution is 2.19. The van der Waals surface area contributed by atoms with E-state index in [1.54, 1.807) is 19.1 Å². The Kier molecular flexibility index (Phi) is 5.21. The summed E-state index contributed by atoms with van der Waals surface area (Å²) in [5, 5.41) is 13.5. The Hall–Kier alpha value is -2.14. The Morgan fingerprint density at radius 1 is 1.43 bits per heavy atom. The van der Waals surface area contributed by atoms with E-state index in [1.165, 1.54) is 12.1 Å². The molecule has 2 rings (SSSR count). The van der Waals surface area contributed by atoms with Gasteiger partial charge in [0.05, 0.1) is 16.6 Å². The van der Waals surface area contributed by atoms with Gasteiger partial charge in [-0.3, -0.25) is 0 Å². The molecule has 2 N–H and O–H groups in total. The zero-order chi connectivity index (χ0) is 17.0. The zero-order valence-electron chi connectivity index (χ0n) is 12.7. The maximum Gasteiger partial charge on any atom is 0.315 e. The number of halogens is 1.